The number of rotatable bonds is 2. The Morgan fingerprint density at radius 2 is 2.36 bits per heavy atom. The molecule has 1 heterocycles. The van der Waals surface area contributed by atoms with E-state index in [-0.39, 0.29) is 21.8 Å². The normalized spacial score (nSPS) is 14.1. The van der Waals surface area contributed by atoms with Crippen LogP contribution in [0.2, 0.25) is 0 Å². The minimum absolute atomic E-state index is 0.0634. The van der Waals surface area contributed by atoms with Crippen molar-refractivity contribution >= 4 is 27.0 Å². The van der Waals surface area contributed by atoms with Crippen LogP contribution in [0.3, 0.4) is 0 Å². The lowest BCUT2D eigenvalue weighted by Crippen LogP contribution is -2.01. The number of halogens is 3. The Labute approximate surface area is 90.4 Å². The van der Waals surface area contributed by atoms with Gasteiger partial charge in [0.2, 0.25) is 0 Å². The first kappa shape index (κ1) is 6.34. The fourth-order valence-electron chi connectivity index (χ4n) is 0.934. The van der Waals surface area contributed by atoms with Gasteiger partial charge in [-0.3, -0.25) is 0 Å². The number of benzene rings is 1. The summed E-state index contributed by atoms with van der Waals surface area (Å²) in [5.74, 6) is -0.631. The minimum atomic E-state index is -3.15. The molecular weight excluding hydrogens is 258 g/mol. The van der Waals surface area contributed by atoms with Gasteiger partial charge >= 0.3 is 6.61 Å². The molecule has 3 nitrogen and oxygen atoms in total. The second-order valence-corrected chi connectivity index (χ2v) is 3.08. The van der Waals surface area contributed by atoms with Crippen LogP contribution in [0.25, 0.3) is 11.0 Å². The Morgan fingerprint density at radius 3 is 3.07 bits per heavy atom. The van der Waals surface area contributed by atoms with Crippen molar-refractivity contribution in [1.29, 1.82) is 0 Å². The quantitative estimate of drug-likeness (QED) is 0.907. The average molecular weight is 266 g/mol. The number of nitrogens with one attached hydrogen (secondary N) is 1. The van der Waals surface area contributed by atoms with E-state index in [1.807, 2.05) is 0 Å². The molecule has 0 bridgehead atoms. The third-order valence-electron chi connectivity index (χ3n) is 1.41. The number of hydrogen-bond acceptors (Lipinski definition) is 2. The number of alkyl halides is 2. The first-order valence-corrected chi connectivity index (χ1v) is 4.31. The average Bonchev–Trinajstić information content (AvgIpc) is 2.63. The third-order valence-corrected chi connectivity index (χ3v) is 1.79. The van der Waals surface area contributed by atoms with Crippen LogP contribution in [0.15, 0.2) is 22.9 Å². The van der Waals surface area contributed by atoms with Crippen molar-refractivity contribution in [2.45, 2.75) is 6.61 Å². The Kier molecular flexibility index (Phi) is 1.60. The molecule has 0 aliphatic carbocycles. The number of aromatic amines is 1. The molecule has 0 unspecified atom stereocenters. The van der Waals surface area contributed by atoms with Crippen LogP contribution in [0.4, 0.5) is 8.78 Å². The zero-order chi connectivity index (χ0) is 12.7. The lowest BCUT2D eigenvalue weighted by atomic mass is 10.3. The first-order valence-electron chi connectivity index (χ1n) is 5.01. The van der Waals surface area contributed by atoms with Gasteiger partial charge in [0.25, 0.3) is 0 Å². The van der Waals surface area contributed by atoms with E-state index in [1.165, 1.54) is 0 Å². The largest absolute Gasteiger partial charge is 0.435 e. The number of nitrogens with zero attached hydrogens (tertiary/aromatic N) is 1. The highest BCUT2D eigenvalue weighted by atomic mass is 79.9. The van der Waals surface area contributed by atoms with Gasteiger partial charge in [0.15, 0.2) is 4.73 Å². The molecule has 74 valence electrons. The van der Waals surface area contributed by atoms with E-state index in [0.29, 0.717) is 0 Å². The standard InChI is InChI=1S/C8H5BrF2N2O/c9-7-12-5-2-1-4(14-8(10)11)3-6(5)13-7/h1-3,8H,(H,12,13)/i1D,2D,3D. The molecule has 0 spiro atoms. The maximum atomic E-state index is 12.1. The van der Waals surface area contributed by atoms with Gasteiger partial charge in [0, 0.05) is 6.04 Å². The van der Waals surface area contributed by atoms with Crippen LogP contribution < -0.4 is 4.74 Å². The molecule has 0 aliphatic rings. The van der Waals surface area contributed by atoms with Crippen molar-refractivity contribution in [3.8, 4) is 5.75 Å². The summed E-state index contributed by atoms with van der Waals surface area (Å²) >= 11 is 3.01. The van der Waals surface area contributed by atoms with Crippen LogP contribution in [-0.4, -0.2) is 16.6 Å². The Hall–Kier alpha value is -1.17. The Bertz CT molecular complexity index is 590. The smallest absolute Gasteiger partial charge is 0.387 e. The van der Waals surface area contributed by atoms with Crippen LogP contribution in [-0.2, 0) is 0 Å². The summed E-state index contributed by atoms with van der Waals surface area (Å²) in [5, 5.41) is 0. The van der Waals surface area contributed by atoms with Gasteiger partial charge in [-0.2, -0.15) is 8.78 Å². The van der Waals surface area contributed by atoms with Gasteiger partial charge in [0.05, 0.1) is 15.1 Å². The van der Waals surface area contributed by atoms with Crippen LogP contribution in [0, 0.1) is 0 Å². The molecule has 0 atom stereocenters. The van der Waals surface area contributed by atoms with Crippen LogP contribution in [0.1, 0.15) is 4.11 Å². The molecule has 2 aromatic rings. The van der Waals surface area contributed by atoms with Gasteiger partial charge in [-0.1, -0.05) is 0 Å². The van der Waals surface area contributed by atoms with Crippen LogP contribution >= 0.6 is 15.9 Å². The first-order chi connectivity index (χ1) is 7.91. The zero-order valence-electron chi connectivity index (χ0n) is 9.57. The summed E-state index contributed by atoms with van der Waals surface area (Å²) in [6.45, 7) is -3.15. The number of imidazole rings is 1. The fourth-order valence-corrected chi connectivity index (χ4v) is 1.31. The molecule has 2 rings (SSSR count). The van der Waals surface area contributed by atoms with Crippen molar-refractivity contribution in [3.63, 3.8) is 0 Å². The summed E-state index contributed by atoms with van der Waals surface area (Å²) in [4.78, 5) is 6.44. The van der Waals surface area contributed by atoms with E-state index in [4.69, 9.17) is 4.11 Å². The molecule has 0 aliphatic heterocycles. The molecule has 0 saturated heterocycles. The Balaban J connectivity index is 2.76. The molecule has 0 radical (unpaired) electrons. The Morgan fingerprint density at radius 1 is 1.57 bits per heavy atom. The van der Waals surface area contributed by atoms with Crippen molar-refractivity contribution < 1.29 is 17.6 Å². The monoisotopic (exact) mass is 265 g/mol. The van der Waals surface area contributed by atoms with Gasteiger partial charge in [-0.05, 0) is 28.0 Å². The van der Waals surface area contributed by atoms with Gasteiger partial charge in [-0.15, -0.1) is 0 Å². The number of aromatic nitrogens is 2. The lowest BCUT2D eigenvalue weighted by Gasteiger charge is -2.02. The summed E-state index contributed by atoms with van der Waals surface area (Å²) in [5.41, 5.74) is 0.141. The molecular formula is C8H5BrF2N2O. The van der Waals surface area contributed by atoms with Crippen molar-refractivity contribution in [3.05, 3.63) is 22.9 Å². The number of hydrogen-bond donors (Lipinski definition) is 1. The highest BCUT2D eigenvalue weighted by Gasteiger charge is 2.06. The minimum Gasteiger partial charge on any atom is -0.435 e. The molecule has 6 heteroatoms. The maximum Gasteiger partial charge on any atom is 0.387 e. The lowest BCUT2D eigenvalue weighted by molar-refractivity contribution is -0.0497. The molecule has 1 aromatic heterocycles. The molecule has 1 aromatic carbocycles. The van der Waals surface area contributed by atoms with Crippen molar-refractivity contribution in [2.24, 2.45) is 0 Å². The summed E-state index contributed by atoms with van der Waals surface area (Å²) in [7, 11) is 0. The van der Waals surface area contributed by atoms with Gasteiger partial charge in [0.1, 0.15) is 5.75 Å². The van der Waals surface area contributed by atoms with E-state index in [9.17, 15) is 8.78 Å². The third kappa shape index (κ3) is 1.84. The predicted molar refractivity (Wildman–Crippen MR) is 50.4 cm³/mol. The molecule has 1 N–H and O–H groups in total. The second-order valence-electron chi connectivity index (χ2n) is 2.33. The molecule has 14 heavy (non-hydrogen) atoms. The van der Waals surface area contributed by atoms with Crippen LogP contribution in [0.5, 0.6) is 5.75 Å². The second kappa shape index (κ2) is 3.53. The number of H-pyrrole nitrogens is 1. The zero-order valence-corrected chi connectivity index (χ0v) is 8.15. The van der Waals surface area contributed by atoms with Crippen molar-refractivity contribution in [2.75, 3.05) is 0 Å². The highest BCUT2D eigenvalue weighted by Crippen LogP contribution is 2.21. The van der Waals surface area contributed by atoms with Gasteiger partial charge < -0.3 is 9.72 Å². The fraction of sp³-hybridized carbons (Fsp3) is 0.125. The van der Waals surface area contributed by atoms with Gasteiger partial charge in [-0.25, -0.2) is 4.98 Å². The molecule has 0 saturated carbocycles. The summed E-state index contributed by atoms with van der Waals surface area (Å²) in [6.07, 6.45) is 0. The highest BCUT2D eigenvalue weighted by molar-refractivity contribution is 9.10. The SMILES string of the molecule is [2H]c1c(OC(F)F)c([2H])c2[nH]c(Br)nc2c1[2H]. The summed E-state index contributed by atoms with van der Waals surface area (Å²) in [6, 6.07) is -1.37. The molecule has 0 amide bonds. The van der Waals surface area contributed by atoms with E-state index in [1.54, 1.807) is 0 Å². The van der Waals surface area contributed by atoms with E-state index in [2.05, 4.69) is 30.6 Å². The number of ether oxygens (including phenoxy) is 1. The summed E-state index contributed by atoms with van der Waals surface area (Å²) < 4.78 is 51.3. The van der Waals surface area contributed by atoms with Crippen molar-refractivity contribution in [1.82, 2.24) is 9.97 Å². The van der Waals surface area contributed by atoms with E-state index < -0.39 is 24.4 Å². The van der Waals surface area contributed by atoms with E-state index in [0.717, 1.165) is 0 Å². The number of fused-ring (bicyclic) bond motifs is 1. The maximum absolute atomic E-state index is 12.1. The molecule has 0 fully saturated rings. The van der Waals surface area contributed by atoms with E-state index >= 15 is 0 Å². The topological polar surface area (TPSA) is 37.9 Å². The predicted octanol–water partition coefficient (Wildman–Crippen LogP) is 2.93.